The number of fused-ring (bicyclic) bond motifs is 1. The molecular formula is C28H26ClF3N6O5. The maximum absolute atomic E-state index is 13.5. The Kier molecular flexibility index (Phi) is 9.39. The van der Waals surface area contributed by atoms with E-state index in [1.807, 2.05) is 0 Å². The van der Waals surface area contributed by atoms with E-state index < -0.39 is 35.4 Å². The number of alkyl halides is 3. The smallest absolute Gasteiger partial charge is 0.432 e. The number of carboxylic acid groups (broad SMARTS) is 1. The molecule has 6 N–H and O–H groups in total. The minimum Gasteiger partial charge on any atom is -0.478 e. The number of benzene rings is 2. The van der Waals surface area contributed by atoms with Gasteiger partial charge in [0, 0.05) is 35.0 Å². The van der Waals surface area contributed by atoms with Crippen LogP contribution < -0.4 is 27.2 Å². The summed E-state index contributed by atoms with van der Waals surface area (Å²) in [4.78, 5) is 54.9. The third-order valence-corrected chi connectivity index (χ3v) is 6.86. The quantitative estimate of drug-likeness (QED) is 0.262. The second-order valence-corrected chi connectivity index (χ2v) is 10.1. The molecule has 1 aliphatic rings. The number of hydrogen-bond acceptors (Lipinski definition) is 7. The highest BCUT2D eigenvalue weighted by Gasteiger charge is 2.31. The fourth-order valence-electron chi connectivity index (χ4n) is 4.40. The van der Waals surface area contributed by atoms with Crippen molar-refractivity contribution >= 4 is 46.4 Å². The van der Waals surface area contributed by atoms with Gasteiger partial charge < -0.3 is 26.8 Å². The normalized spacial score (nSPS) is 16.7. The van der Waals surface area contributed by atoms with Crippen LogP contribution in [0.15, 0.2) is 65.5 Å². The zero-order valence-corrected chi connectivity index (χ0v) is 23.1. The van der Waals surface area contributed by atoms with Crippen LogP contribution >= 0.6 is 11.6 Å². The van der Waals surface area contributed by atoms with E-state index in [2.05, 4.69) is 20.9 Å². The number of hydrogen-bond donors (Lipinski definition) is 5. The number of rotatable bonds is 5. The molecule has 3 aromatic rings. The van der Waals surface area contributed by atoms with Crippen molar-refractivity contribution in [2.75, 3.05) is 16.0 Å². The zero-order chi connectivity index (χ0) is 31.3. The summed E-state index contributed by atoms with van der Waals surface area (Å²) in [7, 11) is 0. The molecule has 2 amide bonds. The second-order valence-electron chi connectivity index (χ2n) is 9.67. The van der Waals surface area contributed by atoms with Gasteiger partial charge in [-0.1, -0.05) is 24.4 Å². The molecule has 2 aromatic carbocycles. The molecule has 15 heteroatoms. The Labute approximate surface area is 247 Å². The first-order valence-electron chi connectivity index (χ1n) is 13.0. The van der Waals surface area contributed by atoms with Crippen molar-refractivity contribution in [3.63, 3.8) is 0 Å². The Hall–Kier alpha value is -4.85. The maximum Gasteiger partial charge on any atom is 0.432 e. The molecule has 1 aliphatic heterocycles. The van der Waals surface area contributed by atoms with Crippen LogP contribution in [0.2, 0.25) is 5.02 Å². The van der Waals surface area contributed by atoms with E-state index in [0.717, 1.165) is 17.0 Å². The Balaban J connectivity index is 1.68. The Morgan fingerprint density at radius 2 is 1.84 bits per heavy atom. The number of aromatic nitrogens is 2. The van der Waals surface area contributed by atoms with Crippen molar-refractivity contribution < 1.29 is 32.7 Å². The van der Waals surface area contributed by atoms with Crippen LogP contribution in [0.4, 0.5) is 30.2 Å². The number of nitrogens with one attached hydrogen (secondary N) is 3. The SMILES string of the molecule is N/C(=C\Nc1ccc(Cl)cc1-c1cc(=O)n(C2CCCCCC(=O)Nc3cc(C(=O)O)ccc3NC2=O)cn1)C(F)(F)F. The van der Waals surface area contributed by atoms with Crippen LogP contribution in [0.1, 0.15) is 48.5 Å². The molecule has 1 aromatic heterocycles. The van der Waals surface area contributed by atoms with Gasteiger partial charge in [0.25, 0.3) is 5.56 Å². The number of anilines is 3. The highest BCUT2D eigenvalue weighted by molar-refractivity contribution is 6.31. The molecule has 0 bridgehead atoms. The van der Waals surface area contributed by atoms with Gasteiger partial charge in [0.2, 0.25) is 11.8 Å². The molecule has 2 heterocycles. The topological polar surface area (TPSA) is 168 Å². The predicted molar refractivity (Wildman–Crippen MR) is 154 cm³/mol. The molecule has 43 heavy (non-hydrogen) atoms. The van der Waals surface area contributed by atoms with Crippen molar-refractivity contribution in [2.24, 2.45) is 5.73 Å². The predicted octanol–water partition coefficient (Wildman–Crippen LogP) is 5.12. The first-order chi connectivity index (χ1) is 20.3. The van der Waals surface area contributed by atoms with Crippen molar-refractivity contribution in [3.8, 4) is 11.3 Å². The van der Waals surface area contributed by atoms with E-state index in [9.17, 15) is 37.5 Å². The standard InChI is InChI=1S/C28H26ClF3N6O5/c29-16-7-9-18(34-13-23(33)28(30,31)32)17(11-16)20-12-25(40)38(14-35-20)22-4-2-1-3-5-24(39)36-21-10-15(27(42)43)6-8-19(21)37-26(22)41/h6-14,22,34H,1-5,33H2,(H,36,39)(H,37,41)(H,42,43)/b23-13-. The number of aromatic carboxylic acids is 1. The van der Waals surface area contributed by atoms with E-state index in [1.54, 1.807) is 0 Å². The number of nitrogens with two attached hydrogens (primary N) is 1. The molecule has 0 spiro atoms. The van der Waals surface area contributed by atoms with Crippen LogP contribution in [0, 0.1) is 0 Å². The number of allylic oxidation sites excluding steroid dienone is 1. The number of carboxylic acids is 1. The summed E-state index contributed by atoms with van der Waals surface area (Å²) in [6.07, 6.45) is -1.05. The summed E-state index contributed by atoms with van der Waals surface area (Å²) in [5.74, 6) is -2.16. The van der Waals surface area contributed by atoms with Gasteiger partial charge in [0.15, 0.2) is 0 Å². The van der Waals surface area contributed by atoms with Gasteiger partial charge >= 0.3 is 12.1 Å². The van der Waals surface area contributed by atoms with Gasteiger partial charge in [-0.3, -0.25) is 19.0 Å². The average Bonchev–Trinajstić information content (AvgIpc) is 2.94. The fraction of sp³-hybridized carbons (Fsp3) is 0.250. The van der Waals surface area contributed by atoms with Gasteiger partial charge in [0.1, 0.15) is 11.7 Å². The van der Waals surface area contributed by atoms with Crippen molar-refractivity contribution in [1.29, 1.82) is 0 Å². The van der Waals surface area contributed by atoms with Crippen molar-refractivity contribution in [3.05, 3.63) is 81.6 Å². The number of nitrogens with zero attached hydrogens (tertiary/aromatic N) is 2. The Bertz CT molecular complexity index is 1660. The van der Waals surface area contributed by atoms with Crippen LogP contribution in [-0.2, 0) is 9.59 Å². The van der Waals surface area contributed by atoms with Crippen LogP contribution in [0.25, 0.3) is 11.3 Å². The minimum absolute atomic E-state index is 0.0769. The molecule has 0 saturated carbocycles. The first-order valence-corrected chi connectivity index (χ1v) is 13.4. The summed E-state index contributed by atoms with van der Waals surface area (Å²) in [6, 6.07) is 8.19. The van der Waals surface area contributed by atoms with E-state index in [1.165, 1.54) is 36.4 Å². The van der Waals surface area contributed by atoms with Crippen molar-refractivity contribution in [1.82, 2.24) is 9.55 Å². The summed E-state index contributed by atoms with van der Waals surface area (Å²) >= 11 is 6.11. The van der Waals surface area contributed by atoms with Crippen LogP contribution in [0.5, 0.6) is 0 Å². The lowest BCUT2D eigenvalue weighted by atomic mass is 10.0. The maximum atomic E-state index is 13.5. The molecule has 1 atom stereocenters. The second kappa shape index (κ2) is 13.0. The highest BCUT2D eigenvalue weighted by Crippen LogP contribution is 2.31. The van der Waals surface area contributed by atoms with Gasteiger partial charge in [-0.25, -0.2) is 9.78 Å². The molecule has 0 radical (unpaired) electrons. The zero-order valence-electron chi connectivity index (χ0n) is 22.4. The van der Waals surface area contributed by atoms with Crippen LogP contribution in [0.3, 0.4) is 0 Å². The molecule has 4 rings (SSSR count). The first kappa shape index (κ1) is 31.1. The number of amides is 2. The molecule has 226 valence electrons. The van der Waals surface area contributed by atoms with E-state index in [4.69, 9.17) is 17.3 Å². The van der Waals surface area contributed by atoms with Gasteiger partial charge in [0.05, 0.1) is 29.0 Å². The fourth-order valence-corrected chi connectivity index (χ4v) is 4.57. The minimum atomic E-state index is -4.75. The highest BCUT2D eigenvalue weighted by atomic mass is 35.5. The molecule has 1 unspecified atom stereocenters. The Morgan fingerprint density at radius 3 is 2.53 bits per heavy atom. The summed E-state index contributed by atoms with van der Waals surface area (Å²) in [5, 5.41) is 17.3. The molecule has 0 saturated heterocycles. The van der Waals surface area contributed by atoms with Gasteiger partial charge in [-0.15, -0.1) is 0 Å². The number of carbonyl (C=O) groups is 3. The Morgan fingerprint density at radius 1 is 1.07 bits per heavy atom. The average molecular weight is 619 g/mol. The van der Waals surface area contributed by atoms with E-state index in [-0.39, 0.29) is 57.7 Å². The lowest BCUT2D eigenvalue weighted by molar-refractivity contribution is -0.120. The largest absolute Gasteiger partial charge is 0.478 e. The summed E-state index contributed by atoms with van der Waals surface area (Å²) in [6.45, 7) is 0. The third kappa shape index (κ3) is 7.71. The third-order valence-electron chi connectivity index (χ3n) is 6.62. The number of carbonyl (C=O) groups excluding carboxylic acids is 2. The van der Waals surface area contributed by atoms with Crippen LogP contribution in [-0.4, -0.2) is 38.6 Å². The summed E-state index contributed by atoms with van der Waals surface area (Å²) in [5.41, 5.74) is 3.66. The lowest BCUT2D eigenvalue weighted by Crippen LogP contribution is -2.34. The van der Waals surface area contributed by atoms with E-state index in [0.29, 0.717) is 25.5 Å². The van der Waals surface area contributed by atoms with Crippen molar-refractivity contribution in [2.45, 2.75) is 44.3 Å². The molecule has 11 nitrogen and oxygen atoms in total. The molecule has 0 fully saturated rings. The number of halogens is 4. The van der Waals surface area contributed by atoms with Gasteiger partial charge in [-0.05, 0) is 49.2 Å². The monoisotopic (exact) mass is 618 g/mol. The van der Waals surface area contributed by atoms with E-state index >= 15 is 0 Å². The molecule has 0 aliphatic carbocycles. The van der Waals surface area contributed by atoms with Gasteiger partial charge in [-0.2, -0.15) is 13.2 Å². The lowest BCUT2D eigenvalue weighted by Gasteiger charge is -2.22. The summed E-state index contributed by atoms with van der Waals surface area (Å²) < 4.78 is 39.7. The molecular weight excluding hydrogens is 593 g/mol.